The summed E-state index contributed by atoms with van der Waals surface area (Å²) in [5.41, 5.74) is 1.56. The third kappa shape index (κ3) is 8.51. The van der Waals surface area contributed by atoms with Gasteiger partial charge in [0, 0.05) is 50.4 Å². The van der Waals surface area contributed by atoms with Gasteiger partial charge in [-0.15, -0.1) is 0 Å². The zero-order valence-corrected chi connectivity index (χ0v) is 19.6. The molecule has 1 heterocycles. The first kappa shape index (κ1) is 24.7. The van der Waals surface area contributed by atoms with E-state index in [1.54, 1.807) is 12.1 Å². The van der Waals surface area contributed by atoms with Crippen LogP contribution in [0.15, 0.2) is 54.6 Å². The van der Waals surface area contributed by atoms with Crippen LogP contribution in [0.4, 0.5) is 0 Å². The maximum atomic E-state index is 12.3. The molecule has 1 fully saturated rings. The predicted molar refractivity (Wildman–Crippen MR) is 128 cm³/mol. The van der Waals surface area contributed by atoms with Crippen molar-refractivity contribution >= 4 is 11.8 Å². The van der Waals surface area contributed by atoms with Gasteiger partial charge in [-0.3, -0.25) is 14.5 Å². The van der Waals surface area contributed by atoms with Gasteiger partial charge in [0.25, 0.3) is 5.91 Å². The van der Waals surface area contributed by atoms with E-state index in [2.05, 4.69) is 22.6 Å². The van der Waals surface area contributed by atoms with E-state index in [0.29, 0.717) is 24.8 Å². The van der Waals surface area contributed by atoms with Crippen molar-refractivity contribution in [1.82, 2.24) is 15.5 Å². The summed E-state index contributed by atoms with van der Waals surface area (Å²) in [5.74, 6) is 0.508. The molecule has 1 unspecified atom stereocenters. The van der Waals surface area contributed by atoms with E-state index in [1.165, 1.54) is 0 Å². The summed E-state index contributed by atoms with van der Waals surface area (Å²) in [6.45, 7) is 5.38. The van der Waals surface area contributed by atoms with Gasteiger partial charge in [-0.2, -0.15) is 0 Å². The number of nitrogens with zero attached hydrogens (tertiary/aromatic N) is 1. The Morgan fingerprint density at radius 3 is 2.64 bits per heavy atom. The summed E-state index contributed by atoms with van der Waals surface area (Å²) in [6, 6.07) is 17.1. The first-order valence-electron chi connectivity index (χ1n) is 11.6. The molecule has 33 heavy (non-hydrogen) atoms. The van der Waals surface area contributed by atoms with Crippen LogP contribution in [0.1, 0.15) is 42.1 Å². The first-order chi connectivity index (χ1) is 16.0. The molecule has 1 saturated heterocycles. The molecule has 3 rings (SSSR count). The Morgan fingerprint density at radius 2 is 1.88 bits per heavy atom. The average molecular weight is 454 g/mol. The molecule has 2 aromatic rings. The monoisotopic (exact) mass is 453 g/mol. The summed E-state index contributed by atoms with van der Waals surface area (Å²) >= 11 is 0. The molecular weight excluding hydrogens is 418 g/mol. The minimum absolute atomic E-state index is 0.111. The maximum absolute atomic E-state index is 12.3. The molecule has 0 aromatic heterocycles. The molecule has 1 aliphatic rings. The van der Waals surface area contributed by atoms with E-state index in [0.717, 1.165) is 43.9 Å². The van der Waals surface area contributed by atoms with Crippen LogP contribution in [0, 0.1) is 0 Å². The number of benzene rings is 2. The van der Waals surface area contributed by atoms with E-state index in [4.69, 9.17) is 9.47 Å². The number of amides is 2. The summed E-state index contributed by atoms with van der Waals surface area (Å²) in [4.78, 5) is 26.9. The Hall–Kier alpha value is -2.90. The van der Waals surface area contributed by atoms with Gasteiger partial charge in [0.05, 0.1) is 0 Å². The second-order valence-corrected chi connectivity index (χ2v) is 8.54. The van der Waals surface area contributed by atoms with Crippen LogP contribution >= 0.6 is 0 Å². The van der Waals surface area contributed by atoms with E-state index in [9.17, 15) is 9.59 Å². The van der Waals surface area contributed by atoms with Gasteiger partial charge in [-0.05, 0) is 56.6 Å². The van der Waals surface area contributed by atoms with Crippen molar-refractivity contribution in [2.75, 3.05) is 33.4 Å². The van der Waals surface area contributed by atoms with E-state index >= 15 is 0 Å². The van der Waals surface area contributed by atoms with Gasteiger partial charge in [0.1, 0.15) is 12.4 Å². The molecule has 7 nitrogen and oxygen atoms in total. The zero-order valence-electron chi connectivity index (χ0n) is 19.6. The van der Waals surface area contributed by atoms with E-state index in [-0.39, 0.29) is 24.3 Å². The minimum Gasteiger partial charge on any atom is -0.492 e. The van der Waals surface area contributed by atoms with Crippen molar-refractivity contribution in [3.8, 4) is 5.75 Å². The molecule has 0 bridgehead atoms. The smallest absolute Gasteiger partial charge is 0.251 e. The molecule has 0 saturated carbocycles. The minimum atomic E-state index is -0.264. The Kier molecular flexibility index (Phi) is 9.72. The topological polar surface area (TPSA) is 79.9 Å². The largest absolute Gasteiger partial charge is 0.492 e. The highest BCUT2D eigenvalue weighted by Gasteiger charge is 2.18. The van der Waals surface area contributed by atoms with Crippen LogP contribution < -0.4 is 15.4 Å². The van der Waals surface area contributed by atoms with Crippen molar-refractivity contribution in [1.29, 1.82) is 0 Å². The second-order valence-electron chi connectivity index (χ2n) is 8.54. The Morgan fingerprint density at radius 1 is 1.12 bits per heavy atom. The number of likely N-dealkylation sites (N-methyl/N-ethyl adjacent to an activating group) is 1. The quantitative estimate of drug-likeness (QED) is 0.547. The summed E-state index contributed by atoms with van der Waals surface area (Å²) < 4.78 is 11.4. The number of rotatable bonds is 11. The highest BCUT2D eigenvalue weighted by Crippen LogP contribution is 2.15. The molecule has 2 N–H and O–H groups in total. The SMILES string of the molecule is CC(CC(=O)NCc1cccc(OCCN(C)C2CCOCC2)c1)NC(=O)c1ccccc1. The number of ether oxygens (including phenoxy) is 2. The number of carbonyl (C=O) groups excluding carboxylic acids is 2. The summed E-state index contributed by atoms with van der Waals surface area (Å²) in [7, 11) is 2.13. The van der Waals surface area contributed by atoms with Gasteiger partial charge in [-0.25, -0.2) is 0 Å². The van der Waals surface area contributed by atoms with Gasteiger partial charge in [0.15, 0.2) is 0 Å². The number of hydrogen-bond donors (Lipinski definition) is 2. The van der Waals surface area contributed by atoms with Crippen molar-refractivity contribution in [3.05, 3.63) is 65.7 Å². The molecule has 1 aliphatic heterocycles. The lowest BCUT2D eigenvalue weighted by Crippen LogP contribution is -2.38. The fourth-order valence-corrected chi connectivity index (χ4v) is 3.86. The Bertz CT molecular complexity index is 884. The maximum Gasteiger partial charge on any atom is 0.251 e. The van der Waals surface area contributed by atoms with Crippen molar-refractivity contribution in [2.24, 2.45) is 0 Å². The lowest BCUT2D eigenvalue weighted by atomic mass is 10.1. The molecule has 1 atom stereocenters. The van der Waals surface area contributed by atoms with E-state index < -0.39 is 0 Å². The number of carbonyl (C=O) groups is 2. The highest BCUT2D eigenvalue weighted by molar-refractivity contribution is 5.94. The van der Waals surface area contributed by atoms with Crippen LogP contribution in [-0.2, 0) is 16.1 Å². The van der Waals surface area contributed by atoms with Gasteiger partial charge < -0.3 is 20.1 Å². The fourth-order valence-electron chi connectivity index (χ4n) is 3.86. The molecule has 7 heteroatoms. The molecule has 0 spiro atoms. The molecule has 0 aliphatic carbocycles. The van der Waals surface area contributed by atoms with Crippen molar-refractivity contribution < 1.29 is 19.1 Å². The molecule has 2 aromatic carbocycles. The average Bonchev–Trinajstić information content (AvgIpc) is 2.84. The summed E-state index contributed by atoms with van der Waals surface area (Å²) in [6.07, 6.45) is 2.35. The predicted octanol–water partition coefficient (Wildman–Crippen LogP) is 3.00. The third-order valence-corrected chi connectivity index (χ3v) is 5.82. The molecule has 0 radical (unpaired) electrons. The third-order valence-electron chi connectivity index (χ3n) is 5.82. The van der Waals surface area contributed by atoms with Gasteiger partial charge >= 0.3 is 0 Å². The van der Waals surface area contributed by atoms with Gasteiger partial charge in [-0.1, -0.05) is 30.3 Å². The van der Waals surface area contributed by atoms with Crippen LogP contribution in [-0.4, -0.2) is 62.2 Å². The Labute approximate surface area is 196 Å². The number of nitrogens with one attached hydrogen (secondary N) is 2. The van der Waals surface area contributed by atoms with E-state index in [1.807, 2.05) is 49.4 Å². The van der Waals surface area contributed by atoms with Crippen LogP contribution in [0.3, 0.4) is 0 Å². The van der Waals surface area contributed by atoms with Gasteiger partial charge in [0.2, 0.25) is 5.91 Å². The molecule has 2 amide bonds. The van der Waals surface area contributed by atoms with Crippen LogP contribution in [0.25, 0.3) is 0 Å². The highest BCUT2D eigenvalue weighted by atomic mass is 16.5. The normalized spacial score (nSPS) is 15.1. The van der Waals surface area contributed by atoms with Crippen LogP contribution in [0.5, 0.6) is 5.75 Å². The molecule has 178 valence electrons. The second kappa shape index (κ2) is 13.0. The zero-order chi connectivity index (χ0) is 23.5. The standard InChI is InChI=1S/C26H35N3O4/c1-20(28-26(31)22-8-4-3-5-9-22)17-25(30)27-19-21-7-6-10-24(18-21)33-16-13-29(2)23-11-14-32-15-12-23/h3-10,18,20,23H,11-17,19H2,1-2H3,(H,27,30)(H,28,31). The first-order valence-corrected chi connectivity index (χ1v) is 11.6. The fraction of sp³-hybridized carbons (Fsp3) is 0.462. The summed E-state index contributed by atoms with van der Waals surface area (Å²) in [5, 5.41) is 5.78. The lowest BCUT2D eigenvalue weighted by Gasteiger charge is -2.31. The van der Waals surface area contributed by atoms with Crippen molar-refractivity contribution in [2.45, 2.75) is 44.8 Å². The lowest BCUT2D eigenvalue weighted by molar-refractivity contribution is -0.121. The molecular formula is C26H35N3O4. The van der Waals surface area contributed by atoms with Crippen LogP contribution in [0.2, 0.25) is 0 Å². The number of hydrogen-bond acceptors (Lipinski definition) is 5. The Balaban J connectivity index is 1.37. The van der Waals surface area contributed by atoms with Crippen molar-refractivity contribution in [3.63, 3.8) is 0 Å².